The molecule has 0 bridgehead atoms. The molecule has 0 spiro atoms. The lowest BCUT2D eigenvalue weighted by Crippen LogP contribution is -2.42. The Hall–Kier alpha value is -1.50. The first-order chi connectivity index (χ1) is 8.40. The Morgan fingerprint density at radius 2 is 2.06 bits per heavy atom. The van der Waals surface area contributed by atoms with Gasteiger partial charge >= 0.3 is 5.97 Å². The molecule has 0 saturated heterocycles. The summed E-state index contributed by atoms with van der Waals surface area (Å²) >= 11 is 1.01. The van der Waals surface area contributed by atoms with Crippen LogP contribution in [0.2, 0.25) is 0 Å². The minimum absolute atomic E-state index is 0.0843. The SMILES string of the molecule is CCC(C(=O)O)N(C)C(=O)c1snnc1C(C)C. The number of hydrogen-bond acceptors (Lipinski definition) is 5. The lowest BCUT2D eigenvalue weighted by Gasteiger charge is -2.23. The summed E-state index contributed by atoms with van der Waals surface area (Å²) in [5.41, 5.74) is 0.622. The maximum atomic E-state index is 12.2. The summed E-state index contributed by atoms with van der Waals surface area (Å²) in [6, 6.07) is -0.820. The summed E-state index contributed by atoms with van der Waals surface area (Å²) in [6.45, 7) is 5.57. The molecule has 18 heavy (non-hydrogen) atoms. The highest BCUT2D eigenvalue weighted by Crippen LogP contribution is 2.22. The molecule has 0 aliphatic rings. The van der Waals surface area contributed by atoms with E-state index in [2.05, 4.69) is 9.59 Å². The summed E-state index contributed by atoms with van der Waals surface area (Å²) in [5, 5.41) is 13.0. The van der Waals surface area contributed by atoms with Crippen LogP contribution >= 0.6 is 11.5 Å². The maximum absolute atomic E-state index is 12.2. The standard InChI is InChI=1S/C11H17N3O3S/c1-5-7(11(16)17)14(4)10(15)9-8(6(2)3)12-13-18-9/h6-7H,5H2,1-4H3,(H,16,17). The van der Waals surface area contributed by atoms with Crippen molar-refractivity contribution in [3.8, 4) is 0 Å². The zero-order valence-electron chi connectivity index (χ0n) is 10.9. The van der Waals surface area contributed by atoms with Crippen LogP contribution in [0.15, 0.2) is 0 Å². The Balaban J connectivity index is 2.99. The molecule has 1 aromatic rings. The van der Waals surface area contributed by atoms with E-state index >= 15 is 0 Å². The molecule has 1 N–H and O–H groups in total. The van der Waals surface area contributed by atoms with Crippen molar-refractivity contribution in [2.24, 2.45) is 0 Å². The zero-order valence-corrected chi connectivity index (χ0v) is 11.7. The second-order valence-corrected chi connectivity index (χ2v) is 5.07. The van der Waals surface area contributed by atoms with Crippen molar-refractivity contribution in [3.05, 3.63) is 10.6 Å². The molecule has 0 saturated carbocycles. The number of amides is 1. The van der Waals surface area contributed by atoms with E-state index in [4.69, 9.17) is 5.11 Å². The van der Waals surface area contributed by atoms with Gasteiger partial charge in [0.2, 0.25) is 0 Å². The van der Waals surface area contributed by atoms with Crippen molar-refractivity contribution >= 4 is 23.4 Å². The van der Waals surface area contributed by atoms with Crippen LogP contribution in [0.1, 0.15) is 48.5 Å². The van der Waals surface area contributed by atoms with E-state index in [9.17, 15) is 9.59 Å². The fraction of sp³-hybridized carbons (Fsp3) is 0.636. The number of carbonyl (C=O) groups excluding carboxylic acids is 1. The van der Waals surface area contributed by atoms with Gasteiger partial charge in [-0.25, -0.2) is 4.79 Å². The molecule has 0 aliphatic heterocycles. The molecular weight excluding hydrogens is 254 g/mol. The largest absolute Gasteiger partial charge is 0.480 e. The van der Waals surface area contributed by atoms with E-state index in [1.54, 1.807) is 6.92 Å². The number of carboxylic acids is 1. The normalized spacial score (nSPS) is 12.5. The quantitative estimate of drug-likeness (QED) is 0.879. The van der Waals surface area contributed by atoms with Crippen molar-refractivity contribution in [1.82, 2.24) is 14.5 Å². The van der Waals surface area contributed by atoms with E-state index in [1.807, 2.05) is 13.8 Å². The topological polar surface area (TPSA) is 83.4 Å². The monoisotopic (exact) mass is 271 g/mol. The van der Waals surface area contributed by atoms with E-state index in [1.165, 1.54) is 11.9 Å². The second-order valence-electron chi connectivity index (χ2n) is 4.32. The van der Waals surface area contributed by atoms with Crippen LogP contribution in [-0.4, -0.2) is 44.6 Å². The molecule has 0 aromatic carbocycles. The van der Waals surface area contributed by atoms with E-state index in [0.717, 1.165) is 11.5 Å². The van der Waals surface area contributed by atoms with Gasteiger partial charge < -0.3 is 10.0 Å². The average Bonchev–Trinajstić information content (AvgIpc) is 2.77. The van der Waals surface area contributed by atoms with E-state index in [-0.39, 0.29) is 11.8 Å². The fourth-order valence-corrected chi connectivity index (χ4v) is 2.44. The molecule has 7 heteroatoms. The number of likely N-dealkylation sites (N-methyl/N-ethyl adjacent to an activating group) is 1. The molecule has 6 nitrogen and oxygen atoms in total. The number of aromatic nitrogens is 2. The van der Waals surface area contributed by atoms with Gasteiger partial charge in [0.15, 0.2) is 0 Å². The third-order valence-electron chi connectivity index (χ3n) is 2.71. The fourth-order valence-electron chi connectivity index (χ4n) is 1.64. The molecule has 1 heterocycles. The number of rotatable bonds is 5. The molecular formula is C11H17N3O3S. The molecule has 1 unspecified atom stereocenters. The van der Waals surface area contributed by atoms with Crippen molar-refractivity contribution in [3.63, 3.8) is 0 Å². The summed E-state index contributed by atoms with van der Waals surface area (Å²) in [6.07, 6.45) is 0.362. The van der Waals surface area contributed by atoms with Crippen LogP contribution < -0.4 is 0 Å². The Labute approximate surface area is 110 Å². The number of carboxylic acid groups (broad SMARTS) is 1. The number of hydrogen-bond donors (Lipinski definition) is 1. The van der Waals surface area contributed by atoms with Gasteiger partial charge in [-0.05, 0) is 23.9 Å². The average molecular weight is 271 g/mol. The molecule has 1 amide bonds. The molecule has 0 radical (unpaired) electrons. The highest BCUT2D eigenvalue weighted by atomic mass is 32.1. The Morgan fingerprint density at radius 1 is 1.44 bits per heavy atom. The minimum atomic E-state index is -1.00. The molecule has 1 atom stereocenters. The molecule has 0 aliphatic carbocycles. The van der Waals surface area contributed by atoms with Crippen molar-refractivity contribution in [2.75, 3.05) is 7.05 Å². The molecule has 1 rings (SSSR count). The highest BCUT2D eigenvalue weighted by Gasteiger charge is 2.29. The van der Waals surface area contributed by atoms with Gasteiger partial charge in [0.1, 0.15) is 10.9 Å². The third kappa shape index (κ3) is 2.84. The number of carbonyl (C=O) groups is 2. The summed E-state index contributed by atoms with van der Waals surface area (Å²) < 4.78 is 3.77. The molecule has 100 valence electrons. The maximum Gasteiger partial charge on any atom is 0.326 e. The predicted molar refractivity (Wildman–Crippen MR) is 67.8 cm³/mol. The number of aliphatic carboxylic acids is 1. The number of nitrogens with zero attached hydrogens (tertiary/aromatic N) is 3. The van der Waals surface area contributed by atoms with Gasteiger partial charge in [-0.3, -0.25) is 4.79 Å². The van der Waals surface area contributed by atoms with E-state index in [0.29, 0.717) is 17.0 Å². The van der Waals surface area contributed by atoms with Crippen LogP contribution in [0, 0.1) is 0 Å². The van der Waals surface area contributed by atoms with Crippen LogP contribution in [0.4, 0.5) is 0 Å². The summed E-state index contributed by atoms with van der Waals surface area (Å²) in [4.78, 5) is 24.9. The van der Waals surface area contributed by atoms with Gasteiger partial charge in [-0.1, -0.05) is 25.3 Å². The summed E-state index contributed by atoms with van der Waals surface area (Å²) in [5.74, 6) is -1.25. The first kappa shape index (κ1) is 14.6. The van der Waals surface area contributed by atoms with Crippen molar-refractivity contribution < 1.29 is 14.7 Å². The van der Waals surface area contributed by atoms with Gasteiger partial charge in [0.25, 0.3) is 5.91 Å². The van der Waals surface area contributed by atoms with Gasteiger partial charge in [0.05, 0.1) is 5.69 Å². The first-order valence-electron chi connectivity index (χ1n) is 5.72. The van der Waals surface area contributed by atoms with E-state index < -0.39 is 12.0 Å². The lowest BCUT2D eigenvalue weighted by atomic mass is 10.1. The van der Waals surface area contributed by atoms with Crippen molar-refractivity contribution in [2.45, 2.75) is 39.2 Å². The minimum Gasteiger partial charge on any atom is -0.480 e. The van der Waals surface area contributed by atoms with Crippen molar-refractivity contribution in [1.29, 1.82) is 0 Å². The Kier molecular flexibility index (Phi) is 4.77. The molecule has 1 aromatic heterocycles. The smallest absolute Gasteiger partial charge is 0.326 e. The van der Waals surface area contributed by atoms with Crippen LogP contribution in [-0.2, 0) is 4.79 Å². The molecule has 0 fully saturated rings. The van der Waals surface area contributed by atoms with Gasteiger partial charge in [-0.15, -0.1) is 5.10 Å². The predicted octanol–water partition coefficient (Wildman–Crippen LogP) is 1.60. The summed E-state index contributed by atoms with van der Waals surface area (Å²) in [7, 11) is 1.49. The zero-order chi connectivity index (χ0) is 13.9. The first-order valence-corrected chi connectivity index (χ1v) is 6.49. The van der Waals surface area contributed by atoms with Crippen LogP contribution in [0.5, 0.6) is 0 Å². The second kappa shape index (κ2) is 5.90. The van der Waals surface area contributed by atoms with Crippen LogP contribution in [0.3, 0.4) is 0 Å². The Bertz CT molecular complexity index is 444. The lowest BCUT2D eigenvalue weighted by molar-refractivity contribution is -0.142. The third-order valence-corrected chi connectivity index (χ3v) is 3.44. The van der Waals surface area contributed by atoms with Gasteiger partial charge in [0, 0.05) is 7.05 Å². The van der Waals surface area contributed by atoms with Gasteiger partial charge in [-0.2, -0.15) is 0 Å². The Morgan fingerprint density at radius 3 is 2.50 bits per heavy atom. The van der Waals surface area contributed by atoms with Crippen LogP contribution in [0.25, 0.3) is 0 Å². The highest BCUT2D eigenvalue weighted by molar-refractivity contribution is 7.08.